The lowest BCUT2D eigenvalue weighted by Gasteiger charge is -2.34. The van der Waals surface area contributed by atoms with Crippen molar-refractivity contribution >= 4 is 17.6 Å². The highest BCUT2D eigenvalue weighted by atomic mass is 35.5. The lowest BCUT2D eigenvalue weighted by Crippen LogP contribution is -2.46. The summed E-state index contributed by atoms with van der Waals surface area (Å²) in [6.45, 7) is 1.33. The van der Waals surface area contributed by atoms with Crippen LogP contribution in [0.2, 0.25) is 5.02 Å². The van der Waals surface area contributed by atoms with E-state index in [4.69, 9.17) is 16.7 Å². The molecule has 2 rings (SSSR count). The van der Waals surface area contributed by atoms with E-state index in [9.17, 15) is 14.3 Å². The van der Waals surface area contributed by atoms with Gasteiger partial charge >= 0.3 is 5.97 Å². The Labute approximate surface area is 115 Å². The molecule has 1 aliphatic heterocycles. The smallest absolute Gasteiger partial charge is 0.309 e. The van der Waals surface area contributed by atoms with E-state index in [2.05, 4.69) is 0 Å². The van der Waals surface area contributed by atoms with Gasteiger partial charge in [-0.15, -0.1) is 0 Å². The van der Waals surface area contributed by atoms with E-state index in [1.807, 2.05) is 4.90 Å². The number of carboxylic acids is 1. The zero-order valence-electron chi connectivity index (χ0n) is 10.2. The molecule has 4 nitrogen and oxygen atoms in total. The van der Waals surface area contributed by atoms with Gasteiger partial charge in [0, 0.05) is 18.1 Å². The Hall–Kier alpha value is -1.17. The van der Waals surface area contributed by atoms with Crippen LogP contribution in [0.25, 0.3) is 0 Å². The Balaban J connectivity index is 2.00. The van der Waals surface area contributed by atoms with Crippen molar-refractivity contribution in [3.63, 3.8) is 0 Å². The molecule has 1 heterocycles. The average Bonchev–Trinajstić information content (AvgIpc) is 2.32. The van der Waals surface area contributed by atoms with Crippen molar-refractivity contribution in [1.29, 1.82) is 0 Å². The number of nitrogens with zero attached hydrogens (tertiary/aromatic N) is 1. The first-order valence-corrected chi connectivity index (χ1v) is 6.42. The van der Waals surface area contributed by atoms with Gasteiger partial charge in [-0.2, -0.15) is 0 Å². The quantitative estimate of drug-likeness (QED) is 0.889. The monoisotopic (exact) mass is 287 g/mol. The number of rotatable bonds is 3. The predicted octanol–water partition coefficient (Wildman–Crippen LogP) is 1.75. The largest absolute Gasteiger partial charge is 0.481 e. The van der Waals surface area contributed by atoms with Gasteiger partial charge in [0.1, 0.15) is 5.82 Å². The van der Waals surface area contributed by atoms with E-state index in [1.165, 1.54) is 12.1 Å². The molecular weight excluding hydrogens is 273 g/mol. The van der Waals surface area contributed by atoms with E-state index in [1.54, 1.807) is 6.07 Å². The molecule has 1 saturated heterocycles. The molecule has 19 heavy (non-hydrogen) atoms. The van der Waals surface area contributed by atoms with Gasteiger partial charge < -0.3 is 10.2 Å². The highest BCUT2D eigenvalue weighted by molar-refractivity contribution is 6.31. The third-order valence-electron chi connectivity index (χ3n) is 3.39. The first-order valence-electron chi connectivity index (χ1n) is 6.04. The maximum Gasteiger partial charge on any atom is 0.309 e. The van der Waals surface area contributed by atoms with Gasteiger partial charge in [-0.25, -0.2) is 4.39 Å². The molecule has 0 radical (unpaired) electrons. The molecule has 2 atom stereocenters. The second-order valence-electron chi connectivity index (χ2n) is 4.77. The van der Waals surface area contributed by atoms with Crippen LogP contribution in [-0.4, -0.2) is 40.3 Å². The van der Waals surface area contributed by atoms with Gasteiger partial charge in [0.2, 0.25) is 0 Å². The molecule has 104 valence electrons. The molecule has 0 aliphatic carbocycles. The van der Waals surface area contributed by atoms with Crippen LogP contribution in [0.4, 0.5) is 4.39 Å². The molecule has 0 spiro atoms. The third kappa shape index (κ3) is 3.43. The van der Waals surface area contributed by atoms with E-state index in [-0.39, 0.29) is 6.54 Å². The van der Waals surface area contributed by atoms with E-state index in [0.29, 0.717) is 24.5 Å². The third-order valence-corrected chi connectivity index (χ3v) is 3.74. The number of aliphatic carboxylic acids is 1. The second-order valence-corrected chi connectivity index (χ2v) is 5.18. The van der Waals surface area contributed by atoms with E-state index >= 15 is 0 Å². The summed E-state index contributed by atoms with van der Waals surface area (Å²) in [6, 6.07) is 4.19. The highest BCUT2D eigenvalue weighted by Gasteiger charge is 2.32. The van der Waals surface area contributed by atoms with E-state index < -0.39 is 23.8 Å². The lowest BCUT2D eigenvalue weighted by molar-refractivity contribution is -0.148. The summed E-state index contributed by atoms with van der Waals surface area (Å²) >= 11 is 5.94. The Morgan fingerprint density at radius 1 is 1.53 bits per heavy atom. The molecule has 1 aliphatic rings. The SMILES string of the molecule is O=C(O)[C@H]1CCN(Cc2ccc(F)cc2Cl)C[C@H]1O. The number of hydrogen-bond acceptors (Lipinski definition) is 3. The molecular formula is C13H15ClFNO3. The second kappa shape index (κ2) is 5.86. The van der Waals surface area contributed by atoms with Crippen LogP contribution < -0.4 is 0 Å². The molecule has 2 N–H and O–H groups in total. The van der Waals surface area contributed by atoms with Crippen LogP contribution in [0, 0.1) is 11.7 Å². The Morgan fingerprint density at radius 3 is 2.84 bits per heavy atom. The maximum atomic E-state index is 12.9. The molecule has 0 saturated carbocycles. The summed E-state index contributed by atoms with van der Waals surface area (Å²) in [5, 5.41) is 19.0. The van der Waals surface area contributed by atoms with Gasteiger partial charge in [0.25, 0.3) is 0 Å². The van der Waals surface area contributed by atoms with Crippen molar-refractivity contribution in [1.82, 2.24) is 4.90 Å². The number of piperidine rings is 1. The number of carboxylic acid groups (broad SMARTS) is 1. The number of benzene rings is 1. The van der Waals surface area contributed by atoms with Crippen molar-refractivity contribution in [2.45, 2.75) is 19.1 Å². The summed E-state index contributed by atoms with van der Waals surface area (Å²) in [7, 11) is 0. The van der Waals surface area contributed by atoms with Gasteiger partial charge in [0.05, 0.1) is 12.0 Å². The van der Waals surface area contributed by atoms with Gasteiger partial charge in [0.15, 0.2) is 0 Å². The number of likely N-dealkylation sites (tertiary alicyclic amines) is 1. The minimum Gasteiger partial charge on any atom is -0.481 e. The minimum absolute atomic E-state index is 0.282. The summed E-state index contributed by atoms with van der Waals surface area (Å²) in [5.74, 6) is -2.06. The predicted molar refractivity (Wildman–Crippen MR) is 68.4 cm³/mol. The van der Waals surface area contributed by atoms with Crippen LogP contribution in [0.3, 0.4) is 0 Å². The molecule has 0 bridgehead atoms. The molecule has 1 fully saturated rings. The van der Waals surface area contributed by atoms with Gasteiger partial charge in [-0.05, 0) is 30.7 Å². The molecule has 1 aromatic carbocycles. The van der Waals surface area contributed by atoms with Crippen LogP contribution >= 0.6 is 11.6 Å². The normalized spacial score (nSPS) is 24.4. The fourth-order valence-electron chi connectivity index (χ4n) is 2.32. The molecule has 6 heteroatoms. The van der Waals surface area contributed by atoms with Crippen molar-refractivity contribution in [3.05, 3.63) is 34.6 Å². The summed E-state index contributed by atoms with van der Waals surface area (Å²) in [5.41, 5.74) is 0.768. The van der Waals surface area contributed by atoms with E-state index in [0.717, 1.165) is 5.56 Å². The number of halogens is 2. The lowest BCUT2D eigenvalue weighted by atomic mass is 9.94. The molecule has 1 aromatic rings. The summed E-state index contributed by atoms with van der Waals surface area (Å²) < 4.78 is 12.9. The summed E-state index contributed by atoms with van der Waals surface area (Å²) in [6.07, 6.45) is -0.486. The number of carbonyl (C=O) groups is 1. The van der Waals surface area contributed by atoms with Crippen LogP contribution in [0.15, 0.2) is 18.2 Å². The molecule has 0 amide bonds. The maximum absolute atomic E-state index is 12.9. The molecule has 0 unspecified atom stereocenters. The van der Waals surface area contributed by atoms with Crippen molar-refractivity contribution in [2.24, 2.45) is 5.92 Å². The zero-order valence-corrected chi connectivity index (χ0v) is 11.0. The Morgan fingerprint density at radius 2 is 2.26 bits per heavy atom. The fourth-order valence-corrected chi connectivity index (χ4v) is 2.55. The van der Waals surface area contributed by atoms with Crippen molar-refractivity contribution in [3.8, 4) is 0 Å². The van der Waals surface area contributed by atoms with Crippen LogP contribution in [0.5, 0.6) is 0 Å². The first kappa shape index (κ1) is 14.2. The first-order chi connectivity index (χ1) is 8.97. The van der Waals surface area contributed by atoms with Crippen molar-refractivity contribution in [2.75, 3.05) is 13.1 Å². The topological polar surface area (TPSA) is 60.8 Å². The van der Waals surface area contributed by atoms with Gasteiger partial charge in [-0.1, -0.05) is 17.7 Å². The summed E-state index contributed by atoms with van der Waals surface area (Å²) in [4.78, 5) is 12.8. The Kier molecular flexibility index (Phi) is 4.39. The number of aliphatic hydroxyl groups excluding tert-OH is 1. The number of β-amino-alcohol motifs (C(OH)–C–C–N with tert-alkyl or cyclic N) is 1. The van der Waals surface area contributed by atoms with Crippen LogP contribution in [-0.2, 0) is 11.3 Å². The Bertz CT molecular complexity index is 483. The van der Waals surface area contributed by atoms with Gasteiger partial charge in [-0.3, -0.25) is 9.69 Å². The average molecular weight is 288 g/mol. The standard InChI is InChI=1S/C13H15ClFNO3/c14-11-5-9(15)2-1-8(11)6-16-4-3-10(13(18)19)12(17)7-16/h1-2,5,10,12,17H,3-4,6-7H2,(H,18,19)/t10-,12+/m0/s1. The van der Waals surface area contributed by atoms with Crippen LogP contribution in [0.1, 0.15) is 12.0 Å². The molecule has 0 aromatic heterocycles. The van der Waals surface area contributed by atoms with Crippen molar-refractivity contribution < 1.29 is 19.4 Å². The number of aliphatic hydroxyl groups is 1. The fraction of sp³-hybridized carbons (Fsp3) is 0.462. The zero-order chi connectivity index (χ0) is 14.0. The minimum atomic E-state index is -0.966. The highest BCUT2D eigenvalue weighted by Crippen LogP contribution is 2.23. The number of hydrogen-bond donors (Lipinski definition) is 2.